The molecular weight excluding hydrogens is 214 g/mol. The zero-order chi connectivity index (χ0) is 12.7. The van der Waals surface area contributed by atoms with Crippen molar-refractivity contribution in [2.75, 3.05) is 26.8 Å². The fourth-order valence-corrected chi connectivity index (χ4v) is 1.78. The molecule has 0 aliphatic heterocycles. The summed E-state index contributed by atoms with van der Waals surface area (Å²) in [5.41, 5.74) is 2.54. The maximum atomic E-state index is 9.46. The Balaban J connectivity index is 2.54. The minimum Gasteiger partial charge on any atom is -0.392 e. The first-order chi connectivity index (χ1) is 8.11. The Morgan fingerprint density at radius 2 is 1.94 bits per heavy atom. The Hall–Kier alpha value is -0.900. The fraction of sp³-hybridized carbons (Fsp3) is 0.571. The summed E-state index contributed by atoms with van der Waals surface area (Å²) in [5, 5.41) is 9.46. The van der Waals surface area contributed by atoms with Gasteiger partial charge in [0.15, 0.2) is 0 Å². The first kappa shape index (κ1) is 14.2. The van der Waals surface area contributed by atoms with Gasteiger partial charge in [-0.2, -0.15) is 0 Å². The first-order valence-corrected chi connectivity index (χ1v) is 6.06. The second kappa shape index (κ2) is 7.43. The van der Waals surface area contributed by atoms with E-state index in [-0.39, 0.29) is 6.10 Å². The minimum atomic E-state index is -0.308. The lowest BCUT2D eigenvalue weighted by atomic mass is 10.1. The molecule has 0 heterocycles. The molecule has 0 spiro atoms. The Bertz CT molecular complexity index is 309. The van der Waals surface area contributed by atoms with E-state index < -0.39 is 0 Å². The average Bonchev–Trinajstić information content (AvgIpc) is 2.28. The first-order valence-electron chi connectivity index (χ1n) is 6.06. The molecule has 1 rings (SSSR count). The van der Waals surface area contributed by atoms with Crippen LogP contribution in [0.2, 0.25) is 0 Å². The molecule has 96 valence electrons. The Labute approximate surface area is 104 Å². The number of aliphatic hydroxyl groups is 1. The minimum absolute atomic E-state index is 0.308. The van der Waals surface area contributed by atoms with E-state index in [1.807, 2.05) is 6.92 Å². The molecule has 3 nitrogen and oxygen atoms in total. The number of benzene rings is 1. The lowest BCUT2D eigenvalue weighted by Gasteiger charge is -2.23. The quantitative estimate of drug-likeness (QED) is 0.785. The van der Waals surface area contributed by atoms with Crippen molar-refractivity contribution >= 4 is 0 Å². The molecule has 0 saturated carbocycles. The van der Waals surface area contributed by atoms with E-state index in [2.05, 4.69) is 36.1 Å². The summed E-state index contributed by atoms with van der Waals surface area (Å²) in [4.78, 5) is 2.21. The lowest BCUT2D eigenvalue weighted by molar-refractivity contribution is 0.0940. The van der Waals surface area contributed by atoms with Gasteiger partial charge >= 0.3 is 0 Å². The number of hydrogen-bond donors (Lipinski definition) is 1. The van der Waals surface area contributed by atoms with Crippen LogP contribution in [0.1, 0.15) is 18.1 Å². The van der Waals surface area contributed by atoms with Crippen LogP contribution in [0.3, 0.4) is 0 Å². The summed E-state index contributed by atoms with van der Waals surface area (Å²) in [6.07, 6.45) is -0.308. The SMILES string of the molecule is COCCN(Cc1ccc(C)cc1)C[C@@H](C)O. The van der Waals surface area contributed by atoms with Crippen LogP contribution in [0.5, 0.6) is 0 Å². The van der Waals surface area contributed by atoms with Gasteiger partial charge in [0, 0.05) is 26.7 Å². The largest absolute Gasteiger partial charge is 0.392 e. The van der Waals surface area contributed by atoms with Crippen molar-refractivity contribution < 1.29 is 9.84 Å². The molecule has 0 fully saturated rings. The molecular formula is C14H23NO2. The predicted octanol–water partition coefficient (Wildman–Crippen LogP) is 1.82. The van der Waals surface area contributed by atoms with Gasteiger partial charge in [0.05, 0.1) is 12.7 Å². The molecule has 17 heavy (non-hydrogen) atoms. The zero-order valence-electron chi connectivity index (χ0n) is 11.0. The summed E-state index contributed by atoms with van der Waals surface area (Å²) in [7, 11) is 1.70. The van der Waals surface area contributed by atoms with Gasteiger partial charge in [0.2, 0.25) is 0 Å². The van der Waals surface area contributed by atoms with Gasteiger partial charge in [-0.3, -0.25) is 4.90 Å². The second-order valence-electron chi connectivity index (χ2n) is 4.56. The molecule has 1 aromatic carbocycles. The molecule has 0 amide bonds. The topological polar surface area (TPSA) is 32.7 Å². The summed E-state index contributed by atoms with van der Waals surface area (Å²) < 4.78 is 5.09. The molecule has 0 aliphatic rings. The highest BCUT2D eigenvalue weighted by Gasteiger charge is 2.08. The van der Waals surface area contributed by atoms with Crippen LogP contribution < -0.4 is 0 Å². The third-order valence-electron chi connectivity index (χ3n) is 2.66. The Morgan fingerprint density at radius 3 is 2.47 bits per heavy atom. The number of methoxy groups -OCH3 is 1. The van der Waals surface area contributed by atoms with Gasteiger partial charge in [0.1, 0.15) is 0 Å². The van der Waals surface area contributed by atoms with Crippen LogP contribution in [0.4, 0.5) is 0 Å². The van der Waals surface area contributed by atoms with E-state index in [1.165, 1.54) is 11.1 Å². The van der Waals surface area contributed by atoms with Crippen LogP contribution in [0, 0.1) is 6.92 Å². The van der Waals surface area contributed by atoms with Crippen molar-refractivity contribution in [3.63, 3.8) is 0 Å². The normalized spacial score (nSPS) is 13.0. The van der Waals surface area contributed by atoms with Crippen LogP contribution in [0.25, 0.3) is 0 Å². The second-order valence-corrected chi connectivity index (χ2v) is 4.56. The highest BCUT2D eigenvalue weighted by Crippen LogP contribution is 2.07. The van der Waals surface area contributed by atoms with E-state index in [0.29, 0.717) is 13.2 Å². The van der Waals surface area contributed by atoms with E-state index in [4.69, 9.17) is 4.74 Å². The number of aliphatic hydroxyl groups excluding tert-OH is 1. The summed E-state index contributed by atoms with van der Waals surface area (Å²) in [6, 6.07) is 8.51. The molecule has 1 N–H and O–H groups in total. The average molecular weight is 237 g/mol. The van der Waals surface area contributed by atoms with Crippen LogP contribution in [0.15, 0.2) is 24.3 Å². The summed E-state index contributed by atoms with van der Waals surface area (Å²) >= 11 is 0. The highest BCUT2D eigenvalue weighted by atomic mass is 16.5. The van der Waals surface area contributed by atoms with Crippen molar-refractivity contribution in [1.29, 1.82) is 0 Å². The molecule has 0 unspecified atom stereocenters. The fourth-order valence-electron chi connectivity index (χ4n) is 1.78. The van der Waals surface area contributed by atoms with E-state index >= 15 is 0 Å². The molecule has 0 aromatic heterocycles. The number of aryl methyl sites for hydroxylation is 1. The van der Waals surface area contributed by atoms with Crippen LogP contribution >= 0.6 is 0 Å². The van der Waals surface area contributed by atoms with Gasteiger partial charge in [-0.1, -0.05) is 29.8 Å². The molecule has 3 heteroatoms. The number of hydrogen-bond acceptors (Lipinski definition) is 3. The molecule has 1 atom stereocenters. The summed E-state index contributed by atoms with van der Waals surface area (Å²) in [6.45, 7) is 6.97. The Morgan fingerprint density at radius 1 is 1.29 bits per heavy atom. The van der Waals surface area contributed by atoms with E-state index in [1.54, 1.807) is 7.11 Å². The van der Waals surface area contributed by atoms with Gasteiger partial charge in [0.25, 0.3) is 0 Å². The molecule has 0 saturated heterocycles. The Kier molecular flexibility index (Phi) is 6.19. The molecule has 0 bridgehead atoms. The van der Waals surface area contributed by atoms with Gasteiger partial charge in [-0.15, -0.1) is 0 Å². The molecule has 0 radical (unpaired) electrons. The number of ether oxygens (including phenoxy) is 1. The van der Waals surface area contributed by atoms with Crippen molar-refractivity contribution in [1.82, 2.24) is 4.90 Å². The van der Waals surface area contributed by atoms with E-state index in [9.17, 15) is 5.11 Å². The van der Waals surface area contributed by atoms with Crippen molar-refractivity contribution in [3.8, 4) is 0 Å². The highest BCUT2D eigenvalue weighted by molar-refractivity contribution is 5.21. The maximum absolute atomic E-state index is 9.46. The van der Waals surface area contributed by atoms with Gasteiger partial charge < -0.3 is 9.84 Å². The van der Waals surface area contributed by atoms with Crippen molar-refractivity contribution in [3.05, 3.63) is 35.4 Å². The van der Waals surface area contributed by atoms with Gasteiger partial charge in [-0.25, -0.2) is 0 Å². The standard InChI is InChI=1S/C14H23NO2/c1-12-4-6-14(7-5-12)11-15(8-9-17-3)10-13(2)16/h4-7,13,16H,8-11H2,1-3H3/t13-/m1/s1. The predicted molar refractivity (Wildman–Crippen MR) is 70.0 cm³/mol. The smallest absolute Gasteiger partial charge is 0.0639 e. The molecule has 0 aliphatic carbocycles. The number of rotatable bonds is 7. The third-order valence-corrected chi connectivity index (χ3v) is 2.66. The maximum Gasteiger partial charge on any atom is 0.0639 e. The lowest BCUT2D eigenvalue weighted by Crippen LogP contribution is -2.33. The van der Waals surface area contributed by atoms with Crippen molar-refractivity contribution in [2.24, 2.45) is 0 Å². The summed E-state index contributed by atoms with van der Waals surface area (Å²) in [5.74, 6) is 0. The third kappa shape index (κ3) is 5.82. The van der Waals surface area contributed by atoms with Gasteiger partial charge in [-0.05, 0) is 19.4 Å². The van der Waals surface area contributed by atoms with E-state index in [0.717, 1.165) is 13.1 Å². The monoisotopic (exact) mass is 237 g/mol. The zero-order valence-corrected chi connectivity index (χ0v) is 11.0. The van der Waals surface area contributed by atoms with Crippen LogP contribution in [-0.4, -0.2) is 42.9 Å². The number of nitrogens with zero attached hydrogens (tertiary/aromatic N) is 1. The van der Waals surface area contributed by atoms with Crippen molar-refractivity contribution in [2.45, 2.75) is 26.5 Å². The van der Waals surface area contributed by atoms with Crippen LogP contribution in [-0.2, 0) is 11.3 Å². The molecule has 1 aromatic rings.